The van der Waals surface area contributed by atoms with E-state index in [0.717, 1.165) is 20.6 Å². The summed E-state index contributed by atoms with van der Waals surface area (Å²) in [5, 5.41) is 2.94. The average molecular weight is 429 g/mol. The van der Waals surface area contributed by atoms with Crippen LogP contribution in [0.15, 0.2) is 72.8 Å². The lowest BCUT2D eigenvalue weighted by Crippen LogP contribution is -2.12. The molecule has 0 aliphatic heterocycles. The first-order valence-electron chi connectivity index (χ1n) is 7.52. The number of hydrogen-bond donors (Lipinski definition) is 1. The number of carbonyl (C=O) groups is 1. The third-order valence-corrected chi connectivity index (χ3v) is 4.20. The summed E-state index contributed by atoms with van der Waals surface area (Å²) in [4.78, 5) is 12.4. The van der Waals surface area contributed by atoms with Crippen molar-refractivity contribution in [1.29, 1.82) is 0 Å². The maximum absolute atomic E-state index is 12.4. The van der Waals surface area contributed by atoms with Crippen molar-refractivity contribution in [3.8, 4) is 11.5 Å². The molecular formula is C20H16INO2. The number of carbonyl (C=O) groups excluding carboxylic acids is 1. The number of ether oxygens (including phenoxy) is 1. The first-order chi connectivity index (χ1) is 11.6. The molecular weight excluding hydrogens is 413 g/mol. The Labute approximate surface area is 154 Å². The third-order valence-electron chi connectivity index (χ3n) is 3.53. The molecule has 3 rings (SSSR count). The van der Waals surface area contributed by atoms with Crippen molar-refractivity contribution >= 4 is 34.2 Å². The zero-order valence-corrected chi connectivity index (χ0v) is 15.3. The number of benzene rings is 3. The van der Waals surface area contributed by atoms with Crippen LogP contribution in [0.2, 0.25) is 0 Å². The summed E-state index contributed by atoms with van der Waals surface area (Å²) in [6.45, 7) is 1.98. The predicted molar refractivity (Wildman–Crippen MR) is 105 cm³/mol. The van der Waals surface area contributed by atoms with Gasteiger partial charge >= 0.3 is 0 Å². The molecule has 0 aliphatic rings. The Morgan fingerprint density at radius 2 is 1.58 bits per heavy atom. The van der Waals surface area contributed by atoms with Crippen LogP contribution in [0.5, 0.6) is 11.5 Å². The highest BCUT2D eigenvalue weighted by molar-refractivity contribution is 14.1. The molecule has 0 radical (unpaired) electrons. The number of anilines is 1. The van der Waals surface area contributed by atoms with Gasteiger partial charge in [-0.05, 0) is 89.7 Å². The van der Waals surface area contributed by atoms with E-state index in [1.54, 1.807) is 24.3 Å². The molecule has 120 valence electrons. The molecule has 1 N–H and O–H groups in total. The van der Waals surface area contributed by atoms with Crippen molar-refractivity contribution in [1.82, 2.24) is 0 Å². The molecule has 0 heterocycles. The van der Waals surface area contributed by atoms with Gasteiger partial charge in [-0.3, -0.25) is 4.79 Å². The van der Waals surface area contributed by atoms with Crippen LogP contribution in [0.3, 0.4) is 0 Å². The second-order valence-corrected chi connectivity index (χ2v) is 6.60. The highest BCUT2D eigenvalue weighted by atomic mass is 127. The van der Waals surface area contributed by atoms with Crippen molar-refractivity contribution in [2.24, 2.45) is 0 Å². The van der Waals surface area contributed by atoms with Gasteiger partial charge in [0.15, 0.2) is 0 Å². The number of aryl methyl sites for hydroxylation is 1. The van der Waals surface area contributed by atoms with Crippen molar-refractivity contribution in [2.75, 3.05) is 5.32 Å². The van der Waals surface area contributed by atoms with E-state index in [0.29, 0.717) is 11.3 Å². The molecule has 0 unspecified atom stereocenters. The van der Waals surface area contributed by atoms with Gasteiger partial charge in [-0.1, -0.05) is 18.2 Å². The number of rotatable bonds is 4. The van der Waals surface area contributed by atoms with Gasteiger partial charge < -0.3 is 10.1 Å². The fourth-order valence-electron chi connectivity index (χ4n) is 2.26. The quantitative estimate of drug-likeness (QED) is 0.545. The van der Waals surface area contributed by atoms with Crippen LogP contribution in [-0.2, 0) is 0 Å². The molecule has 4 heteroatoms. The maximum Gasteiger partial charge on any atom is 0.255 e. The molecule has 0 atom stereocenters. The van der Waals surface area contributed by atoms with E-state index in [2.05, 4.69) is 27.9 Å². The van der Waals surface area contributed by atoms with Gasteiger partial charge in [-0.15, -0.1) is 0 Å². The van der Waals surface area contributed by atoms with E-state index < -0.39 is 0 Å². The van der Waals surface area contributed by atoms with E-state index >= 15 is 0 Å². The van der Waals surface area contributed by atoms with E-state index in [-0.39, 0.29) is 5.91 Å². The zero-order chi connectivity index (χ0) is 16.9. The summed E-state index contributed by atoms with van der Waals surface area (Å²) < 4.78 is 6.88. The van der Waals surface area contributed by atoms with Crippen molar-refractivity contribution in [3.05, 3.63) is 87.5 Å². The monoisotopic (exact) mass is 429 g/mol. The Kier molecular flexibility index (Phi) is 5.15. The normalized spacial score (nSPS) is 10.2. The maximum atomic E-state index is 12.4. The van der Waals surface area contributed by atoms with Crippen molar-refractivity contribution < 1.29 is 9.53 Å². The number of halogens is 1. The molecule has 3 nitrogen and oxygen atoms in total. The minimum atomic E-state index is -0.134. The van der Waals surface area contributed by atoms with Crippen LogP contribution in [0, 0.1) is 10.5 Å². The highest BCUT2D eigenvalue weighted by Crippen LogP contribution is 2.22. The Balaban J connectivity index is 1.69. The van der Waals surface area contributed by atoms with Gasteiger partial charge in [-0.2, -0.15) is 0 Å². The molecule has 0 bridgehead atoms. The number of nitrogens with one attached hydrogen (secondary N) is 1. The van der Waals surface area contributed by atoms with Gasteiger partial charge in [0, 0.05) is 14.8 Å². The van der Waals surface area contributed by atoms with Gasteiger partial charge in [0.1, 0.15) is 11.5 Å². The van der Waals surface area contributed by atoms with Crippen molar-refractivity contribution in [3.63, 3.8) is 0 Å². The molecule has 3 aromatic rings. The fourth-order valence-corrected chi connectivity index (χ4v) is 2.91. The van der Waals surface area contributed by atoms with Crippen LogP contribution in [0.1, 0.15) is 15.9 Å². The molecule has 1 amide bonds. The standard InChI is InChI=1S/C20H16INO2/c1-14-13-16(21)9-12-19(14)22-20(23)15-7-10-18(11-8-15)24-17-5-3-2-4-6-17/h2-13H,1H3,(H,22,23). The van der Waals surface area contributed by atoms with E-state index in [9.17, 15) is 4.79 Å². The molecule has 0 saturated heterocycles. The van der Waals surface area contributed by atoms with E-state index in [4.69, 9.17) is 4.74 Å². The Hall–Kier alpha value is -2.34. The minimum absolute atomic E-state index is 0.134. The van der Waals surface area contributed by atoms with Gasteiger partial charge in [0.05, 0.1) is 0 Å². The zero-order valence-electron chi connectivity index (χ0n) is 13.1. The first-order valence-corrected chi connectivity index (χ1v) is 8.60. The predicted octanol–water partition coefficient (Wildman–Crippen LogP) is 5.64. The molecule has 0 saturated carbocycles. The second-order valence-electron chi connectivity index (χ2n) is 5.35. The molecule has 0 aliphatic carbocycles. The van der Waals surface area contributed by atoms with E-state index in [1.807, 2.05) is 55.5 Å². The first kappa shape index (κ1) is 16.5. The highest BCUT2D eigenvalue weighted by Gasteiger charge is 2.08. The summed E-state index contributed by atoms with van der Waals surface area (Å²) in [5.41, 5.74) is 2.46. The number of para-hydroxylation sites is 1. The third kappa shape index (κ3) is 4.14. The van der Waals surface area contributed by atoms with Gasteiger partial charge in [-0.25, -0.2) is 0 Å². The Morgan fingerprint density at radius 1 is 0.917 bits per heavy atom. The molecule has 0 fully saturated rings. The van der Waals surface area contributed by atoms with Gasteiger partial charge in [0.2, 0.25) is 0 Å². The summed E-state index contributed by atoms with van der Waals surface area (Å²) in [7, 11) is 0. The van der Waals surface area contributed by atoms with E-state index in [1.165, 1.54) is 0 Å². The fraction of sp³-hybridized carbons (Fsp3) is 0.0500. The topological polar surface area (TPSA) is 38.3 Å². The molecule has 24 heavy (non-hydrogen) atoms. The Bertz CT molecular complexity index is 845. The van der Waals surface area contributed by atoms with Crippen LogP contribution >= 0.6 is 22.6 Å². The number of amides is 1. The summed E-state index contributed by atoms with van der Waals surface area (Å²) in [6.07, 6.45) is 0. The molecule has 3 aromatic carbocycles. The largest absolute Gasteiger partial charge is 0.457 e. The van der Waals surface area contributed by atoms with Crippen LogP contribution < -0.4 is 10.1 Å². The Morgan fingerprint density at radius 3 is 2.25 bits per heavy atom. The lowest BCUT2D eigenvalue weighted by Gasteiger charge is -2.10. The number of hydrogen-bond acceptors (Lipinski definition) is 2. The van der Waals surface area contributed by atoms with Crippen LogP contribution in [0.25, 0.3) is 0 Å². The summed E-state index contributed by atoms with van der Waals surface area (Å²) in [5.74, 6) is 1.33. The SMILES string of the molecule is Cc1cc(I)ccc1NC(=O)c1ccc(Oc2ccccc2)cc1. The van der Waals surface area contributed by atoms with Crippen LogP contribution in [0.4, 0.5) is 5.69 Å². The second kappa shape index (κ2) is 7.49. The van der Waals surface area contributed by atoms with Crippen molar-refractivity contribution in [2.45, 2.75) is 6.92 Å². The van der Waals surface area contributed by atoms with Crippen LogP contribution in [-0.4, -0.2) is 5.91 Å². The molecule has 0 aromatic heterocycles. The lowest BCUT2D eigenvalue weighted by molar-refractivity contribution is 0.102. The summed E-state index contributed by atoms with van der Waals surface area (Å²) >= 11 is 2.25. The smallest absolute Gasteiger partial charge is 0.255 e. The minimum Gasteiger partial charge on any atom is -0.457 e. The molecule has 0 spiro atoms. The van der Waals surface area contributed by atoms with Gasteiger partial charge in [0.25, 0.3) is 5.91 Å². The summed E-state index contributed by atoms with van der Waals surface area (Å²) in [6, 6.07) is 22.6. The lowest BCUT2D eigenvalue weighted by atomic mass is 10.1. The average Bonchev–Trinajstić information content (AvgIpc) is 2.59.